The topological polar surface area (TPSA) is 24.7 Å². The molecular weight excluding hydrogens is 196 g/mol. The van der Waals surface area contributed by atoms with Crippen molar-refractivity contribution in [1.82, 2.24) is 0 Å². The summed E-state index contributed by atoms with van der Waals surface area (Å²) in [5, 5.41) is 8.42. The Labute approximate surface area is 102 Å². The van der Waals surface area contributed by atoms with Crippen LogP contribution in [0.25, 0.3) is 0 Å². The molecule has 0 amide bonds. The van der Waals surface area contributed by atoms with Crippen molar-refractivity contribution < 1.29 is 0 Å². The van der Waals surface area contributed by atoms with Crippen molar-refractivity contribution in [2.45, 2.75) is 66.2 Å². The van der Waals surface area contributed by atoms with Gasteiger partial charge in [0.05, 0.1) is 13.1 Å². The number of nitrogens with zero attached hydrogens (tertiary/aromatic N) is 2. The molecule has 0 aliphatic heterocycles. The van der Waals surface area contributed by atoms with Crippen LogP contribution in [0, 0.1) is 11.8 Å². The van der Waals surface area contributed by atoms with Gasteiger partial charge in [-0.1, -0.05) is 53.4 Å². The van der Waals surface area contributed by atoms with Crippen LogP contribution < -0.4 is 0 Å². The summed E-state index contributed by atoms with van der Waals surface area (Å²) in [7, 11) is 0. The van der Waals surface area contributed by atoms with Crippen LogP contribution in [-0.4, -0.2) is 13.1 Å². The maximum Gasteiger partial charge on any atom is 0.0598 e. The average Bonchev–Trinajstić information content (AvgIpc) is 2.20. The van der Waals surface area contributed by atoms with Gasteiger partial charge in [-0.05, 0) is 24.7 Å². The maximum atomic E-state index is 4.21. The summed E-state index contributed by atoms with van der Waals surface area (Å²) in [5.74, 6) is 1.65. The van der Waals surface area contributed by atoms with Crippen molar-refractivity contribution in [2.24, 2.45) is 22.1 Å². The van der Waals surface area contributed by atoms with E-state index in [0.29, 0.717) is 0 Å². The Morgan fingerprint density at radius 2 is 1.00 bits per heavy atom. The first-order chi connectivity index (χ1) is 7.63. The van der Waals surface area contributed by atoms with Gasteiger partial charge in [0.2, 0.25) is 0 Å². The van der Waals surface area contributed by atoms with Gasteiger partial charge in [0.25, 0.3) is 0 Å². The number of unbranched alkanes of at least 4 members (excludes halogenated alkanes) is 2. The molecule has 16 heavy (non-hydrogen) atoms. The van der Waals surface area contributed by atoms with Gasteiger partial charge in [-0.2, -0.15) is 10.2 Å². The summed E-state index contributed by atoms with van der Waals surface area (Å²) in [6.45, 7) is 11.0. The first-order valence-electron chi connectivity index (χ1n) is 6.96. The van der Waals surface area contributed by atoms with Gasteiger partial charge in [-0.3, -0.25) is 0 Å². The van der Waals surface area contributed by atoms with E-state index in [0.717, 1.165) is 24.9 Å². The molecule has 0 saturated carbocycles. The zero-order valence-electron chi connectivity index (χ0n) is 11.7. The van der Waals surface area contributed by atoms with E-state index in [2.05, 4.69) is 37.9 Å². The first kappa shape index (κ1) is 15.6. The number of hydrogen-bond acceptors (Lipinski definition) is 2. The van der Waals surface area contributed by atoms with Crippen molar-refractivity contribution in [2.75, 3.05) is 13.1 Å². The lowest BCUT2D eigenvalue weighted by Gasteiger charge is -2.02. The van der Waals surface area contributed by atoms with Crippen molar-refractivity contribution in [3.05, 3.63) is 0 Å². The molecule has 0 spiro atoms. The van der Waals surface area contributed by atoms with Gasteiger partial charge in [0.15, 0.2) is 0 Å². The summed E-state index contributed by atoms with van der Waals surface area (Å²) in [4.78, 5) is 0. The summed E-state index contributed by atoms with van der Waals surface area (Å²) >= 11 is 0. The van der Waals surface area contributed by atoms with E-state index in [1.54, 1.807) is 0 Å². The Bertz CT molecular complexity index is 144. The van der Waals surface area contributed by atoms with Crippen LogP contribution in [0.5, 0.6) is 0 Å². The van der Waals surface area contributed by atoms with Gasteiger partial charge in [-0.25, -0.2) is 0 Å². The predicted octanol–water partition coefficient (Wildman–Crippen LogP) is 5.09. The van der Waals surface area contributed by atoms with Gasteiger partial charge in [-0.15, -0.1) is 0 Å². The molecule has 0 saturated heterocycles. The molecule has 0 atom stereocenters. The molecule has 96 valence electrons. The highest BCUT2D eigenvalue weighted by atomic mass is 15.1. The molecule has 0 N–H and O–H groups in total. The van der Waals surface area contributed by atoms with E-state index >= 15 is 0 Å². The van der Waals surface area contributed by atoms with Crippen LogP contribution in [0.1, 0.15) is 66.2 Å². The van der Waals surface area contributed by atoms with Gasteiger partial charge in [0, 0.05) is 0 Å². The van der Waals surface area contributed by atoms with Crippen LogP contribution in [-0.2, 0) is 0 Å². The zero-order chi connectivity index (χ0) is 12.2. The SMILES string of the molecule is CC(C)CCCCN=NCCCCC(C)C. The van der Waals surface area contributed by atoms with E-state index in [4.69, 9.17) is 0 Å². The highest BCUT2D eigenvalue weighted by molar-refractivity contribution is 4.50. The monoisotopic (exact) mass is 226 g/mol. The van der Waals surface area contributed by atoms with Crippen molar-refractivity contribution in [1.29, 1.82) is 0 Å². The quantitative estimate of drug-likeness (QED) is 0.366. The van der Waals surface area contributed by atoms with Crippen LogP contribution in [0.15, 0.2) is 10.2 Å². The molecule has 0 aromatic heterocycles. The lowest BCUT2D eigenvalue weighted by molar-refractivity contribution is 0.530. The third-order valence-electron chi connectivity index (χ3n) is 2.68. The van der Waals surface area contributed by atoms with E-state index in [1.807, 2.05) is 0 Å². The third-order valence-corrected chi connectivity index (χ3v) is 2.68. The summed E-state index contributed by atoms with van der Waals surface area (Å²) in [6.07, 6.45) is 7.64. The van der Waals surface area contributed by atoms with Crippen molar-refractivity contribution >= 4 is 0 Å². The van der Waals surface area contributed by atoms with Crippen LogP contribution >= 0.6 is 0 Å². The lowest BCUT2D eigenvalue weighted by atomic mass is 10.1. The van der Waals surface area contributed by atoms with E-state index in [9.17, 15) is 0 Å². The van der Waals surface area contributed by atoms with Crippen molar-refractivity contribution in [3.63, 3.8) is 0 Å². The minimum absolute atomic E-state index is 0.827. The van der Waals surface area contributed by atoms with E-state index in [-0.39, 0.29) is 0 Å². The molecule has 0 bridgehead atoms. The fraction of sp³-hybridized carbons (Fsp3) is 1.00. The smallest absolute Gasteiger partial charge is 0.0598 e. The molecule has 0 aromatic rings. The minimum Gasteiger partial charge on any atom is -0.194 e. The summed E-state index contributed by atoms with van der Waals surface area (Å²) in [5.41, 5.74) is 0. The van der Waals surface area contributed by atoms with Crippen LogP contribution in [0.4, 0.5) is 0 Å². The van der Waals surface area contributed by atoms with Crippen LogP contribution in [0.3, 0.4) is 0 Å². The summed E-state index contributed by atoms with van der Waals surface area (Å²) < 4.78 is 0. The summed E-state index contributed by atoms with van der Waals surface area (Å²) in [6, 6.07) is 0. The highest BCUT2D eigenvalue weighted by Gasteiger charge is 1.94. The highest BCUT2D eigenvalue weighted by Crippen LogP contribution is 2.07. The second kappa shape index (κ2) is 11.1. The first-order valence-corrected chi connectivity index (χ1v) is 6.96. The predicted molar refractivity (Wildman–Crippen MR) is 72.0 cm³/mol. The molecule has 0 aromatic carbocycles. The largest absolute Gasteiger partial charge is 0.194 e. The Morgan fingerprint density at radius 3 is 1.31 bits per heavy atom. The molecule has 2 nitrogen and oxygen atoms in total. The number of azo groups is 1. The minimum atomic E-state index is 0.827. The molecule has 0 aliphatic carbocycles. The molecule has 0 radical (unpaired) electrons. The molecule has 0 rings (SSSR count). The van der Waals surface area contributed by atoms with Gasteiger partial charge >= 0.3 is 0 Å². The molecule has 0 heterocycles. The second-order valence-corrected chi connectivity index (χ2v) is 5.51. The number of hydrogen-bond donors (Lipinski definition) is 0. The van der Waals surface area contributed by atoms with Crippen molar-refractivity contribution in [3.8, 4) is 0 Å². The average molecular weight is 226 g/mol. The van der Waals surface area contributed by atoms with E-state index < -0.39 is 0 Å². The van der Waals surface area contributed by atoms with Gasteiger partial charge in [0.1, 0.15) is 0 Å². The maximum absolute atomic E-state index is 4.21. The molecule has 2 heteroatoms. The fourth-order valence-corrected chi connectivity index (χ4v) is 1.61. The normalized spacial score (nSPS) is 12.1. The van der Waals surface area contributed by atoms with Gasteiger partial charge < -0.3 is 0 Å². The Kier molecular flexibility index (Phi) is 10.8. The van der Waals surface area contributed by atoms with E-state index in [1.165, 1.54) is 38.5 Å². The Hall–Kier alpha value is -0.400. The number of rotatable bonds is 10. The third kappa shape index (κ3) is 13.6. The van der Waals surface area contributed by atoms with Crippen LogP contribution in [0.2, 0.25) is 0 Å². The lowest BCUT2D eigenvalue weighted by Crippen LogP contribution is -1.90. The Balaban J connectivity index is 3.10. The molecule has 0 aliphatic rings. The Morgan fingerprint density at radius 1 is 0.625 bits per heavy atom. The second-order valence-electron chi connectivity index (χ2n) is 5.51. The fourth-order valence-electron chi connectivity index (χ4n) is 1.61. The molecular formula is C14H30N2. The molecule has 0 fully saturated rings. The standard InChI is InChI=1S/C14H30N2/c1-13(2)9-5-7-11-15-16-12-8-6-10-14(3)4/h13-14H,5-12H2,1-4H3. The zero-order valence-corrected chi connectivity index (χ0v) is 11.7. The molecule has 0 unspecified atom stereocenters.